The summed E-state index contributed by atoms with van der Waals surface area (Å²) in [5, 5.41) is 44.6. The highest BCUT2D eigenvalue weighted by Gasteiger charge is 2.23. The number of halogens is 1. The second-order valence-corrected chi connectivity index (χ2v) is 12.8. The first-order chi connectivity index (χ1) is 24.2. The van der Waals surface area contributed by atoms with Gasteiger partial charge in [-0.1, -0.05) is 41.9 Å². The molecule has 10 nitrogen and oxygen atoms in total. The van der Waals surface area contributed by atoms with Gasteiger partial charge < -0.3 is 40.2 Å². The number of aliphatic hydroxyl groups is 3. The van der Waals surface area contributed by atoms with Gasteiger partial charge in [0, 0.05) is 42.7 Å². The molecule has 0 saturated heterocycles. The molecule has 3 aromatic carbocycles. The second kappa shape index (κ2) is 19.3. The molecule has 0 atom stereocenters. The Morgan fingerprint density at radius 3 is 2.28 bits per heavy atom. The Bertz CT molecular complexity index is 1740. The zero-order valence-corrected chi connectivity index (χ0v) is 29.7. The van der Waals surface area contributed by atoms with E-state index in [-0.39, 0.29) is 39.6 Å². The standard InChI is InChI=1S/C39H47ClN4O6/c1-27-31(8-4-9-33(27)34-10-5-11-36(28(34)2)48-15-7-13-42-12-6-14-45)24-50-38-18-37(49-23-30-16-29(19-41)20-43-21-30)32(17-35(38)40)22-44-39(3,25-46)26-47/h4-5,8-11,16-18,20-21,42,44-47H,6-7,12-15,22-26H2,1-3H3. The Hall–Kier alpha value is -4.21. The van der Waals surface area contributed by atoms with E-state index in [1.165, 1.54) is 6.20 Å². The van der Waals surface area contributed by atoms with Crippen LogP contribution in [0.5, 0.6) is 17.2 Å². The van der Waals surface area contributed by atoms with Gasteiger partial charge in [0.25, 0.3) is 0 Å². The maximum absolute atomic E-state index is 9.78. The van der Waals surface area contributed by atoms with E-state index >= 15 is 0 Å². The summed E-state index contributed by atoms with van der Waals surface area (Å²) in [6, 6.07) is 19.5. The van der Waals surface area contributed by atoms with Crippen LogP contribution in [0.25, 0.3) is 11.1 Å². The lowest BCUT2D eigenvalue weighted by atomic mass is 9.93. The molecule has 1 heterocycles. The Labute approximate surface area is 299 Å². The first kappa shape index (κ1) is 38.6. The molecule has 0 aliphatic rings. The summed E-state index contributed by atoms with van der Waals surface area (Å²) in [4.78, 5) is 4.12. The second-order valence-electron chi connectivity index (χ2n) is 12.4. The van der Waals surface area contributed by atoms with Crippen molar-refractivity contribution in [1.29, 1.82) is 5.26 Å². The van der Waals surface area contributed by atoms with Gasteiger partial charge >= 0.3 is 0 Å². The zero-order valence-electron chi connectivity index (χ0n) is 29.0. The third-order valence-corrected chi connectivity index (χ3v) is 8.80. The van der Waals surface area contributed by atoms with Crippen molar-refractivity contribution < 1.29 is 29.5 Å². The number of nitrogens with zero attached hydrogens (tertiary/aromatic N) is 2. The molecule has 50 heavy (non-hydrogen) atoms. The number of benzene rings is 3. The molecule has 0 aliphatic heterocycles. The number of aromatic nitrogens is 1. The van der Waals surface area contributed by atoms with E-state index in [0.29, 0.717) is 34.3 Å². The van der Waals surface area contributed by atoms with Crippen molar-refractivity contribution in [3.63, 3.8) is 0 Å². The van der Waals surface area contributed by atoms with Crippen LogP contribution in [0.3, 0.4) is 0 Å². The Morgan fingerprint density at radius 2 is 1.54 bits per heavy atom. The van der Waals surface area contributed by atoms with Crippen molar-refractivity contribution in [2.24, 2.45) is 0 Å². The molecule has 5 N–H and O–H groups in total. The van der Waals surface area contributed by atoms with E-state index in [1.54, 1.807) is 31.3 Å². The van der Waals surface area contributed by atoms with E-state index in [2.05, 4.69) is 47.7 Å². The molecule has 0 saturated carbocycles. The van der Waals surface area contributed by atoms with E-state index in [4.69, 9.17) is 30.9 Å². The van der Waals surface area contributed by atoms with Gasteiger partial charge in [0.1, 0.15) is 36.5 Å². The van der Waals surface area contributed by atoms with Crippen LogP contribution in [0.2, 0.25) is 5.02 Å². The van der Waals surface area contributed by atoms with Crippen molar-refractivity contribution in [1.82, 2.24) is 15.6 Å². The summed E-state index contributed by atoms with van der Waals surface area (Å²) in [5.41, 5.74) is 6.24. The molecule has 11 heteroatoms. The van der Waals surface area contributed by atoms with Crippen LogP contribution in [-0.4, -0.2) is 65.4 Å². The zero-order chi connectivity index (χ0) is 35.9. The van der Waals surface area contributed by atoms with Gasteiger partial charge in [-0.05, 0) is 92.7 Å². The van der Waals surface area contributed by atoms with E-state index < -0.39 is 5.54 Å². The SMILES string of the molecule is Cc1c(COc2cc(OCc3cncc(C#N)c3)c(CNC(C)(CO)CO)cc2Cl)cccc1-c1cccc(OCCCNCCCO)c1C. The minimum absolute atomic E-state index is 0.151. The minimum Gasteiger partial charge on any atom is -0.493 e. The molecule has 0 radical (unpaired) electrons. The van der Waals surface area contributed by atoms with Gasteiger partial charge in [0.15, 0.2) is 0 Å². The van der Waals surface area contributed by atoms with Crippen LogP contribution in [-0.2, 0) is 19.8 Å². The monoisotopic (exact) mass is 702 g/mol. The average Bonchev–Trinajstić information content (AvgIpc) is 3.13. The highest BCUT2D eigenvalue weighted by atomic mass is 35.5. The molecule has 0 spiro atoms. The number of rotatable bonds is 20. The quantitative estimate of drug-likeness (QED) is 0.0735. The maximum atomic E-state index is 9.78. The summed E-state index contributed by atoms with van der Waals surface area (Å²) < 4.78 is 18.7. The van der Waals surface area contributed by atoms with E-state index in [9.17, 15) is 15.5 Å². The predicted molar refractivity (Wildman–Crippen MR) is 195 cm³/mol. The molecule has 4 aromatic rings. The van der Waals surface area contributed by atoms with Crippen LogP contribution in [0, 0.1) is 25.2 Å². The highest BCUT2D eigenvalue weighted by Crippen LogP contribution is 2.36. The molecule has 266 valence electrons. The number of hydrogen-bond acceptors (Lipinski definition) is 10. The van der Waals surface area contributed by atoms with E-state index in [1.807, 2.05) is 24.3 Å². The molecule has 0 fully saturated rings. The van der Waals surface area contributed by atoms with Gasteiger partial charge in [-0.15, -0.1) is 0 Å². The number of nitrogens with one attached hydrogen (secondary N) is 2. The summed E-state index contributed by atoms with van der Waals surface area (Å²) in [6.45, 7) is 8.41. The summed E-state index contributed by atoms with van der Waals surface area (Å²) >= 11 is 6.75. The molecule has 4 rings (SSSR count). The average molecular weight is 703 g/mol. The fraction of sp³-hybridized carbons (Fsp3) is 0.385. The van der Waals surface area contributed by atoms with Gasteiger partial charge in [0.05, 0.1) is 35.9 Å². The Balaban J connectivity index is 1.51. The van der Waals surface area contributed by atoms with Crippen LogP contribution < -0.4 is 24.8 Å². The lowest BCUT2D eigenvalue weighted by Crippen LogP contribution is -2.48. The van der Waals surface area contributed by atoms with Crippen molar-refractivity contribution in [3.05, 3.63) is 105 Å². The van der Waals surface area contributed by atoms with Crippen LogP contribution in [0.15, 0.2) is 67.0 Å². The summed E-state index contributed by atoms with van der Waals surface area (Å²) in [5.74, 6) is 1.78. The third-order valence-electron chi connectivity index (χ3n) is 8.51. The number of pyridine rings is 1. The number of aliphatic hydroxyl groups excluding tert-OH is 3. The largest absolute Gasteiger partial charge is 0.493 e. The fourth-order valence-electron chi connectivity index (χ4n) is 5.28. The smallest absolute Gasteiger partial charge is 0.142 e. The summed E-state index contributed by atoms with van der Waals surface area (Å²) in [7, 11) is 0. The normalized spacial score (nSPS) is 11.3. The van der Waals surface area contributed by atoms with Crippen LogP contribution in [0.4, 0.5) is 0 Å². The topological polar surface area (TPSA) is 149 Å². The third kappa shape index (κ3) is 10.6. The number of nitriles is 1. The number of hydrogen-bond donors (Lipinski definition) is 5. The Kier molecular flexibility index (Phi) is 14.9. The first-order valence-corrected chi connectivity index (χ1v) is 17.1. The first-order valence-electron chi connectivity index (χ1n) is 16.7. The van der Waals surface area contributed by atoms with Crippen molar-refractivity contribution in [2.75, 3.05) is 39.5 Å². The molecule has 0 bridgehead atoms. The number of ether oxygens (including phenoxy) is 3. The molecule has 0 aliphatic carbocycles. The van der Waals surface area contributed by atoms with Gasteiger partial charge in [-0.2, -0.15) is 5.26 Å². The highest BCUT2D eigenvalue weighted by molar-refractivity contribution is 6.32. The molecule has 0 unspecified atom stereocenters. The Morgan fingerprint density at radius 1 is 0.820 bits per heavy atom. The maximum Gasteiger partial charge on any atom is 0.142 e. The molecule has 1 aromatic heterocycles. The van der Waals surface area contributed by atoms with Gasteiger partial charge in [0.2, 0.25) is 0 Å². The lowest BCUT2D eigenvalue weighted by Gasteiger charge is -2.27. The molecular formula is C39H47ClN4O6. The molecule has 0 amide bonds. The van der Waals surface area contributed by atoms with Crippen molar-refractivity contribution >= 4 is 11.6 Å². The van der Waals surface area contributed by atoms with E-state index in [0.717, 1.165) is 65.1 Å². The summed E-state index contributed by atoms with van der Waals surface area (Å²) in [6.07, 6.45) is 4.74. The fourth-order valence-corrected chi connectivity index (χ4v) is 5.52. The molecular weight excluding hydrogens is 656 g/mol. The van der Waals surface area contributed by atoms with Gasteiger partial charge in [-0.25, -0.2) is 0 Å². The van der Waals surface area contributed by atoms with Crippen LogP contribution >= 0.6 is 11.6 Å². The van der Waals surface area contributed by atoms with Gasteiger partial charge in [-0.3, -0.25) is 4.98 Å². The van der Waals surface area contributed by atoms with Crippen molar-refractivity contribution in [2.45, 2.75) is 58.9 Å². The minimum atomic E-state index is -0.908. The predicted octanol–water partition coefficient (Wildman–Crippen LogP) is 5.62. The lowest BCUT2D eigenvalue weighted by molar-refractivity contribution is 0.103. The van der Waals surface area contributed by atoms with Crippen LogP contribution in [0.1, 0.15) is 53.1 Å². The van der Waals surface area contributed by atoms with Crippen molar-refractivity contribution in [3.8, 4) is 34.4 Å².